The van der Waals surface area contributed by atoms with Crippen molar-refractivity contribution in [3.63, 3.8) is 0 Å². The number of aromatic nitrogens is 1. The van der Waals surface area contributed by atoms with Gasteiger partial charge in [0.1, 0.15) is 0 Å². The summed E-state index contributed by atoms with van der Waals surface area (Å²) in [6.45, 7) is 0. The summed E-state index contributed by atoms with van der Waals surface area (Å²) in [5.41, 5.74) is 8.36. The Kier molecular flexibility index (Phi) is 3.57. The average molecular weight is 339 g/mol. The predicted octanol–water partition coefficient (Wildman–Crippen LogP) is 5.98. The van der Waals surface area contributed by atoms with Gasteiger partial charge in [0.05, 0.1) is 5.25 Å². The number of rotatable bonds is 3. The van der Waals surface area contributed by atoms with E-state index in [0.29, 0.717) is 5.25 Å². The predicted molar refractivity (Wildman–Crippen MR) is 105 cm³/mol. The summed E-state index contributed by atoms with van der Waals surface area (Å²) in [6.07, 6.45) is 6.10. The van der Waals surface area contributed by atoms with Crippen LogP contribution in [0.5, 0.6) is 0 Å². The Morgan fingerprint density at radius 1 is 0.800 bits per heavy atom. The van der Waals surface area contributed by atoms with Gasteiger partial charge in [0.25, 0.3) is 0 Å². The van der Waals surface area contributed by atoms with E-state index in [9.17, 15) is 0 Å². The number of benzene rings is 2. The maximum atomic E-state index is 4.22. The molecule has 0 saturated heterocycles. The zero-order chi connectivity index (χ0) is 16.6. The Bertz CT molecular complexity index is 934. The van der Waals surface area contributed by atoms with E-state index in [1.165, 1.54) is 33.4 Å². The largest absolute Gasteiger partial charge is 0.265 e. The van der Waals surface area contributed by atoms with Gasteiger partial charge in [-0.2, -0.15) is 0 Å². The summed E-state index contributed by atoms with van der Waals surface area (Å²) >= 11 is 1.92. The van der Waals surface area contributed by atoms with E-state index < -0.39 is 0 Å². The second kappa shape index (κ2) is 6.05. The number of pyridine rings is 1. The van der Waals surface area contributed by atoms with Crippen molar-refractivity contribution in [2.24, 2.45) is 0 Å². The highest BCUT2D eigenvalue weighted by atomic mass is 32.2. The summed E-state index contributed by atoms with van der Waals surface area (Å²) < 4.78 is 0. The summed E-state index contributed by atoms with van der Waals surface area (Å²) in [7, 11) is 0. The summed E-state index contributed by atoms with van der Waals surface area (Å²) in [5.74, 6) is 0.230. The topological polar surface area (TPSA) is 12.9 Å². The fourth-order valence-corrected chi connectivity index (χ4v) is 5.09. The molecule has 3 aromatic rings. The van der Waals surface area contributed by atoms with Crippen LogP contribution in [0.2, 0.25) is 0 Å². The van der Waals surface area contributed by atoms with Crippen LogP contribution in [-0.4, -0.2) is 4.98 Å². The fourth-order valence-electron chi connectivity index (χ4n) is 4.00. The molecule has 0 N–H and O–H groups in total. The number of hydrogen-bond donors (Lipinski definition) is 0. The molecule has 1 aliphatic carbocycles. The van der Waals surface area contributed by atoms with Crippen molar-refractivity contribution in [1.29, 1.82) is 0 Å². The smallest absolute Gasteiger partial charge is 0.0597 e. The van der Waals surface area contributed by atoms with Crippen LogP contribution < -0.4 is 0 Å². The second-order valence-electron chi connectivity index (χ2n) is 6.40. The highest BCUT2D eigenvalue weighted by molar-refractivity contribution is 8.02. The van der Waals surface area contributed by atoms with Gasteiger partial charge in [-0.3, -0.25) is 4.98 Å². The van der Waals surface area contributed by atoms with Crippen LogP contribution in [0.1, 0.15) is 33.4 Å². The van der Waals surface area contributed by atoms with Crippen LogP contribution in [0.15, 0.2) is 96.2 Å². The number of allylic oxidation sites excluding steroid dienone is 2. The van der Waals surface area contributed by atoms with Crippen LogP contribution in [0.4, 0.5) is 0 Å². The van der Waals surface area contributed by atoms with Gasteiger partial charge in [-0.05, 0) is 50.9 Å². The summed E-state index contributed by atoms with van der Waals surface area (Å²) in [5, 5.41) is 2.68. The Labute approximate surface area is 152 Å². The normalized spacial score (nSPS) is 19.0. The van der Waals surface area contributed by atoms with E-state index in [1.807, 2.05) is 24.2 Å². The maximum Gasteiger partial charge on any atom is 0.0597 e. The Morgan fingerprint density at radius 3 is 2.36 bits per heavy atom. The molecule has 2 unspecified atom stereocenters. The van der Waals surface area contributed by atoms with Crippen molar-refractivity contribution in [3.05, 3.63) is 118 Å². The van der Waals surface area contributed by atoms with Gasteiger partial charge in [-0.25, -0.2) is 0 Å². The van der Waals surface area contributed by atoms with Gasteiger partial charge in [0, 0.05) is 18.3 Å². The molecule has 1 aliphatic heterocycles. The summed E-state index contributed by atoms with van der Waals surface area (Å²) in [4.78, 5) is 4.22. The molecule has 2 aliphatic rings. The van der Waals surface area contributed by atoms with Crippen molar-refractivity contribution in [3.8, 4) is 0 Å². The van der Waals surface area contributed by atoms with Gasteiger partial charge in [0.15, 0.2) is 0 Å². The molecule has 0 saturated carbocycles. The minimum absolute atomic E-state index is 0.230. The van der Waals surface area contributed by atoms with Crippen LogP contribution in [0, 0.1) is 0 Å². The van der Waals surface area contributed by atoms with Crippen molar-refractivity contribution < 1.29 is 0 Å². The zero-order valence-electron chi connectivity index (χ0n) is 13.7. The first kappa shape index (κ1) is 14.7. The first-order chi connectivity index (χ1) is 12.4. The lowest BCUT2D eigenvalue weighted by atomic mass is 9.81. The molecule has 0 radical (unpaired) electrons. The third kappa shape index (κ3) is 2.37. The van der Waals surface area contributed by atoms with Crippen LogP contribution in [-0.2, 0) is 0 Å². The number of hydrogen-bond acceptors (Lipinski definition) is 2. The molecule has 1 aromatic heterocycles. The lowest BCUT2D eigenvalue weighted by molar-refractivity contribution is 1.03. The van der Waals surface area contributed by atoms with Crippen LogP contribution in [0.3, 0.4) is 0 Å². The van der Waals surface area contributed by atoms with Gasteiger partial charge in [-0.15, -0.1) is 11.8 Å². The number of fused-ring (bicyclic) bond motifs is 3. The Hall–Kier alpha value is -2.58. The molecule has 0 bridgehead atoms. The molecule has 120 valence electrons. The van der Waals surface area contributed by atoms with E-state index >= 15 is 0 Å². The number of thioether (sulfide) groups is 1. The lowest BCUT2D eigenvalue weighted by Crippen LogP contribution is -2.05. The Balaban J connectivity index is 1.78. The molecular weight excluding hydrogens is 322 g/mol. The average Bonchev–Trinajstić information content (AvgIpc) is 3.26. The quantitative estimate of drug-likeness (QED) is 0.582. The maximum absolute atomic E-state index is 4.22. The fraction of sp³-hybridized carbons (Fsp3) is 0.0870. The van der Waals surface area contributed by atoms with Crippen molar-refractivity contribution in [2.75, 3.05) is 0 Å². The summed E-state index contributed by atoms with van der Waals surface area (Å²) in [6, 6.07) is 24.0. The zero-order valence-corrected chi connectivity index (χ0v) is 14.5. The third-order valence-corrected chi connectivity index (χ3v) is 6.12. The van der Waals surface area contributed by atoms with E-state index in [1.54, 1.807) is 0 Å². The Morgan fingerprint density at radius 2 is 1.52 bits per heavy atom. The lowest BCUT2D eigenvalue weighted by Gasteiger charge is -2.22. The highest BCUT2D eigenvalue weighted by Crippen LogP contribution is 2.57. The molecule has 5 rings (SSSR count). The minimum atomic E-state index is 0.230. The standard InChI is InChI=1S/C23H17NS/c1-2-6-16(7-3-1)21(17-10-13-24-14-11-17)22-18-8-4-5-9-19(18)23-20(22)12-15-25-23/h1-15,21,23H. The van der Waals surface area contributed by atoms with Gasteiger partial charge in [0.2, 0.25) is 0 Å². The molecule has 2 heterocycles. The van der Waals surface area contributed by atoms with Gasteiger partial charge in [-0.1, -0.05) is 60.7 Å². The van der Waals surface area contributed by atoms with E-state index in [0.717, 1.165) is 0 Å². The molecule has 2 atom stereocenters. The van der Waals surface area contributed by atoms with Crippen molar-refractivity contribution in [2.45, 2.75) is 11.2 Å². The van der Waals surface area contributed by atoms with Crippen molar-refractivity contribution in [1.82, 2.24) is 4.98 Å². The van der Waals surface area contributed by atoms with Crippen LogP contribution >= 0.6 is 11.8 Å². The molecule has 2 heteroatoms. The minimum Gasteiger partial charge on any atom is -0.265 e. The van der Waals surface area contributed by atoms with Gasteiger partial charge < -0.3 is 0 Å². The van der Waals surface area contributed by atoms with E-state index in [4.69, 9.17) is 0 Å². The van der Waals surface area contributed by atoms with E-state index in [-0.39, 0.29) is 5.92 Å². The first-order valence-electron chi connectivity index (χ1n) is 8.54. The third-order valence-electron chi connectivity index (χ3n) is 5.05. The molecule has 2 aromatic carbocycles. The first-order valence-corrected chi connectivity index (χ1v) is 9.48. The second-order valence-corrected chi connectivity index (χ2v) is 7.42. The van der Waals surface area contributed by atoms with E-state index in [2.05, 4.69) is 83.2 Å². The van der Waals surface area contributed by atoms with Gasteiger partial charge >= 0.3 is 0 Å². The monoisotopic (exact) mass is 339 g/mol. The SMILES string of the molecule is C1=CC2=C(C(c3ccccc3)c3ccncc3)c3ccccc3C2S1. The molecule has 0 fully saturated rings. The number of nitrogens with zero attached hydrogens (tertiary/aromatic N) is 1. The molecule has 0 spiro atoms. The highest BCUT2D eigenvalue weighted by Gasteiger charge is 2.36. The molecular formula is C23H17NS. The van der Waals surface area contributed by atoms with Crippen molar-refractivity contribution >= 4 is 17.3 Å². The molecule has 1 nitrogen and oxygen atoms in total. The molecule has 25 heavy (non-hydrogen) atoms. The van der Waals surface area contributed by atoms with Crippen LogP contribution in [0.25, 0.3) is 5.57 Å². The molecule has 0 amide bonds.